The van der Waals surface area contributed by atoms with Crippen molar-refractivity contribution in [1.82, 2.24) is 0 Å². The van der Waals surface area contributed by atoms with Crippen LogP contribution in [0, 0.1) is 19.8 Å². The van der Waals surface area contributed by atoms with Crippen molar-refractivity contribution in [2.75, 3.05) is 5.32 Å². The minimum Gasteiger partial charge on any atom is -0.548 e. The van der Waals surface area contributed by atoms with Crippen molar-refractivity contribution in [2.24, 2.45) is 5.92 Å². The molecule has 1 aromatic rings. The van der Waals surface area contributed by atoms with Crippen molar-refractivity contribution in [3.05, 3.63) is 41.0 Å². The van der Waals surface area contributed by atoms with Crippen LogP contribution in [-0.2, 0) is 4.79 Å². The van der Waals surface area contributed by atoms with Crippen molar-refractivity contribution >= 4 is 11.7 Å². The third-order valence-electron chi connectivity index (χ3n) is 4.20. The average Bonchev–Trinajstić information content (AvgIpc) is 2.81. The van der Waals surface area contributed by atoms with Crippen molar-refractivity contribution in [2.45, 2.75) is 32.2 Å². The number of anilines is 1. The summed E-state index contributed by atoms with van der Waals surface area (Å²) in [5.74, 6) is -0.702. The molecule has 1 aromatic carbocycles. The van der Waals surface area contributed by atoms with Crippen LogP contribution in [0.5, 0.6) is 0 Å². The number of carboxylic acid groups (broad SMARTS) is 1. The smallest absolute Gasteiger partial charge is 0.0698 e. The van der Waals surface area contributed by atoms with Crippen LogP contribution >= 0.6 is 0 Å². The van der Waals surface area contributed by atoms with E-state index in [0.29, 0.717) is 0 Å². The number of hydrogen-bond acceptors (Lipinski definition) is 3. The summed E-state index contributed by atoms with van der Waals surface area (Å²) in [6, 6.07) is 3.56. The lowest BCUT2D eigenvalue weighted by Gasteiger charge is -2.39. The highest BCUT2D eigenvalue weighted by molar-refractivity contribution is 5.80. The number of nitrogens with one attached hydrogen (secondary N) is 1. The molecule has 1 N–H and O–H groups in total. The number of carbonyl (C=O) groups excluding carboxylic acids is 1. The van der Waals surface area contributed by atoms with E-state index in [9.17, 15) is 9.90 Å². The Hall–Kier alpha value is -1.77. The Morgan fingerprint density at radius 3 is 2.78 bits per heavy atom. The molecule has 0 spiro atoms. The molecule has 2 aliphatic rings. The van der Waals surface area contributed by atoms with Gasteiger partial charge in [0.2, 0.25) is 0 Å². The first-order chi connectivity index (χ1) is 8.59. The molecule has 0 amide bonds. The summed E-state index contributed by atoms with van der Waals surface area (Å²) < 4.78 is 0. The highest BCUT2D eigenvalue weighted by atomic mass is 16.4. The molecule has 3 rings (SSSR count). The molecule has 3 nitrogen and oxygen atoms in total. The molecule has 1 aliphatic heterocycles. The molecule has 0 bridgehead atoms. The Balaban J connectivity index is 2.17. The Bertz CT molecular complexity index is 548. The van der Waals surface area contributed by atoms with Gasteiger partial charge in [0, 0.05) is 11.6 Å². The number of benzene rings is 1. The zero-order valence-electron chi connectivity index (χ0n) is 10.6. The van der Waals surface area contributed by atoms with Crippen LogP contribution in [0.15, 0.2) is 24.3 Å². The fourth-order valence-corrected chi connectivity index (χ4v) is 3.28. The molecule has 0 saturated carbocycles. The van der Waals surface area contributed by atoms with Crippen molar-refractivity contribution in [3.63, 3.8) is 0 Å². The number of aryl methyl sites for hydroxylation is 2. The van der Waals surface area contributed by atoms with Crippen molar-refractivity contribution in [3.8, 4) is 0 Å². The van der Waals surface area contributed by atoms with Gasteiger partial charge in [0.15, 0.2) is 0 Å². The van der Waals surface area contributed by atoms with Crippen LogP contribution in [0.4, 0.5) is 5.69 Å². The minimum absolute atomic E-state index is 0.0861. The number of carbonyl (C=O) groups is 1. The maximum atomic E-state index is 11.3. The molecule has 0 unspecified atom stereocenters. The van der Waals surface area contributed by atoms with Gasteiger partial charge in [-0.3, -0.25) is 0 Å². The first kappa shape index (κ1) is 11.3. The van der Waals surface area contributed by atoms with E-state index in [1.165, 1.54) is 11.1 Å². The lowest BCUT2D eigenvalue weighted by atomic mass is 9.77. The third-order valence-corrected chi connectivity index (χ3v) is 4.20. The first-order valence-corrected chi connectivity index (χ1v) is 6.33. The van der Waals surface area contributed by atoms with E-state index < -0.39 is 12.0 Å². The van der Waals surface area contributed by atoms with E-state index in [1.54, 1.807) is 0 Å². The van der Waals surface area contributed by atoms with Gasteiger partial charge in [0.05, 0.1) is 12.0 Å². The van der Waals surface area contributed by atoms with Crippen LogP contribution in [0.2, 0.25) is 0 Å². The summed E-state index contributed by atoms with van der Waals surface area (Å²) in [5.41, 5.74) is 4.56. The maximum absolute atomic E-state index is 11.3. The SMILES string of the molecule is Cc1ccc(C)c2c1N[C@H](C(=O)[O-])[C@@H]1CC=C[C@H]21. The van der Waals surface area contributed by atoms with Gasteiger partial charge in [-0.05, 0) is 42.9 Å². The second-order valence-electron chi connectivity index (χ2n) is 5.28. The molecule has 0 aromatic heterocycles. The largest absolute Gasteiger partial charge is 0.548 e. The summed E-state index contributed by atoms with van der Waals surface area (Å²) in [6.07, 6.45) is 5.04. The van der Waals surface area contributed by atoms with Crippen LogP contribution < -0.4 is 10.4 Å². The van der Waals surface area contributed by atoms with E-state index in [0.717, 1.165) is 17.7 Å². The molecule has 0 radical (unpaired) electrons. The summed E-state index contributed by atoms with van der Waals surface area (Å²) in [5, 5.41) is 14.5. The van der Waals surface area contributed by atoms with Crippen LogP contribution in [0.25, 0.3) is 0 Å². The fourth-order valence-electron chi connectivity index (χ4n) is 3.28. The topological polar surface area (TPSA) is 52.2 Å². The molecule has 94 valence electrons. The first-order valence-electron chi connectivity index (χ1n) is 6.33. The molecule has 1 heterocycles. The zero-order valence-corrected chi connectivity index (χ0v) is 10.6. The number of carboxylic acids is 1. The van der Waals surface area contributed by atoms with E-state index in [1.807, 2.05) is 13.0 Å². The predicted octanol–water partition coefficient (Wildman–Crippen LogP) is 1.51. The van der Waals surface area contributed by atoms with E-state index >= 15 is 0 Å². The van der Waals surface area contributed by atoms with Crippen LogP contribution in [0.1, 0.15) is 29.0 Å². The average molecular weight is 242 g/mol. The van der Waals surface area contributed by atoms with Crippen LogP contribution in [0.3, 0.4) is 0 Å². The number of fused-ring (bicyclic) bond motifs is 3. The highest BCUT2D eigenvalue weighted by Crippen LogP contribution is 2.46. The molecule has 18 heavy (non-hydrogen) atoms. The normalized spacial score (nSPS) is 28.4. The molecule has 3 heteroatoms. The molecular formula is C15H16NO2-. The van der Waals surface area contributed by atoms with Gasteiger partial charge in [-0.25, -0.2) is 0 Å². The van der Waals surface area contributed by atoms with Crippen molar-refractivity contribution in [1.29, 1.82) is 0 Å². The zero-order chi connectivity index (χ0) is 12.9. The monoisotopic (exact) mass is 242 g/mol. The Morgan fingerprint density at radius 1 is 1.33 bits per heavy atom. The molecule has 1 aliphatic carbocycles. The maximum Gasteiger partial charge on any atom is 0.0698 e. The summed E-state index contributed by atoms with van der Waals surface area (Å²) in [4.78, 5) is 11.3. The second-order valence-corrected chi connectivity index (χ2v) is 5.28. The standard InChI is InChI=1S/C15H17NO2/c1-8-6-7-9(2)13-12(8)10-4-3-5-11(10)14(16-13)15(17)18/h3-4,6-7,10-11,14,16H,5H2,1-2H3,(H,17,18)/p-1/t10-,11+,14-/m0/s1. The third kappa shape index (κ3) is 1.47. The highest BCUT2D eigenvalue weighted by Gasteiger charge is 2.38. The van der Waals surface area contributed by atoms with Crippen LogP contribution in [-0.4, -0.2) is 12.0 Å². The van der Waals surface area contributed by atoms with Gasteiger partial charge < -0.3 is 15.2 Å². The molecular weight excluding hydrogens is 226 g/mol. The number of rotatable bonds is 1. The Morgan fingerprint density at radius 2 is 2.06 bits per heavy atom. The van der Waals surface area contributed by atoms with Gasteiger partial charge in [-0.2, -0.15) is 0 Å². The second kappa shape index (κ2) is 3.87. The number of hydrogen-bond donors (Lipinski definition) is 1. The molecule has 3 atom stereocenters. The lowest BCUT2D eigenvalue weighted by molar-refractivity contribution is -0.308. The van der Waals surface area contributed by atoms with Gasteiger partial charge in [0.1, 0.15) is 0 Å². The van der Waals surface area contributed by atoms with E-state index in [4.69, 9.17) is 0 Å². The van der Waals surface area contributed by atoms with Gasteiger partial charge in [-0.15, -0.1) is 0 Å². The Labute approximate surface area is 107 Å². The number of aliphatic carboxylic acids is 1. The fraction of sp³-hybridized carbons (Fsp3) is 0.400. The summed E-state index contributed by atoms with van der Waals surface area (Å²) in [6.45, 7) is 4.10. The van der Waals surface area contributed by atoms with Gasteiger partial charge >= 0.3 is 0 Å². The van der Waals surface area contributed by atoms with Gasteiger partial charge in [-0.1, -0.05) is 24.3 Å². The van der Waals surface area contributed by atoms with E-state index in [2.05, 4.69) is 30.5 Å². The van der Waals surface area contributed by atoms with Gasteiger partial charge in [0.25, 0.3) is 0 Å². The predicted molar refractivity (Wildman–Crippen MR) is 68.3 cm³/mol. The molecule has 0 saturated heterocycles. The minimum atomic E-state index is -1.000. The molecule has 0 fully saturated rings. The lowest BCUT2D eigenvalue weighted by Crippen LogP contribution is -2.49. The van der Waals surface area contributed by atoms with Crippen molar-refractivity contribution < 1.29 is 9.90 Å². The summed E-state index contributed by atoms with van der Waals surface area (Å²) >= 11 is 0. The summed E-state index contributed by atoms with van der Waals surface area (Å²) in [7, 11) is 0. The number of allylic oxidation sites excluding steroid dienone is 2. The Kier molecular flexibility index (Phi) is 2.44. The quantitative estimate of drug-likeness (QED) is 0.759. The van der Waals surface area contributed by atoms with E-state index in [-0.39, 0.29) is 11.8 Å².